The maximum Gasteiger partial charge on any atom is 0.322 e. The summed E-state index contributed by atoms with van der Waals surface area (Å²) < 4.78 is 0. The smallest absolute Gasteiger partial charge is 0.322 e. The molecular formula is C10H13ClN4O2S. The lowest BCUT2D eigenvalue weighted by atomic mass is 10.2. The van der Waals surface area contributed by atoms with Crippen LogP contribution < -0.4 is 10.2 Å². The molecule has 2 rings (SSSR count). The predicted octanol–water partition coefficient (Wildman–Crippen LogP) is 0.715. The number of carboxylic acid groups (broad SMARTS) is 1. The van der Waals surface area contributed by atoms with Gasteiger partial charge in [0.15, 0.2) is 5.16 Å². The van der Waals surface area contributed by atoms with Crippen LogP contribution in [-0.2, 0) is 4.79 Å². The van der Waals surface area contributed by atoms with Gasteiger partial charge in [-0.05, 0) is 6.26 Å². The van der Waals surface area contributed by atoms with Crippen LogP contribution in [0.1, 0.15) is 0 Å². The fourth-order valence-electron chi connectivity index (χ4n) is 1.76. The van der Waals surface area contributed by atoms with Crippen molar-refractivity contribution in [2.24, 2.45) is 0 Å². The highest BCUT2D eigenvalue weighted by molar-refractivity contribution is 7.98. The molecule has 1 aliphatic rings. The number of anilines is 1. The minimum absolute atomic E-state index is 0.370. The van der Waals surface area contributed by atoms with E-state index in [0.717, 1.165) is 0 Å². The Morgan fingerprint density at radius 3 is 3.11 bits per heavy atom. The van der Waals surface area contributed by atoms with Crippen molar-refractivity contribution < 1.29 is 9.90 Å². The number of carboxylic acids is 1. The number of rotatable bonds is 3. The molecular weight excluding hydrogens is 276 g/mol. The summed E-state index contributed by atoms with van der Waals surface area (Å²) in [7, 11) is 0. The Kier molecular flexibility index (Phi) is 4.26. The van der Waals surface area contributed by atoms with Crippen LogP contribution in [0, 0.1) is 0 Å². The van der Waals surface area contributed by atoms with Crippen LogP contribution in [0.5, 0.6) is 0 Å². The molecule has 0 radical (unpaired) electrons. The highest BCUT2D eigenvalue weighted by atomic mass is 35.5. The maximum atomic E-state index is 11.0. The van der Waals surface area contributed by atoms with Gasteiger partial charge in [0.05, 0.1) is 0 Å². The minimum Gasteiger partial charge on any atom is -0.480 e. The van der Waals surface area contributed by atoms with Crippen molar-refractivity contribution in [3.8, 4) is 0 Å². The van der Waals surface area contributed by atoms with Crippen LogP contribution >= 0.6 is 23.4 Å². The molecule has 98 valence electrons. The molecule has 1 saturated heterocycles. The standard InChI is InChI=1S/C10H13ClN4O2S/c1-18-10-13-7(11)4-8(14-10)15-3-2-12-6(5-15)9(16)17/h4,6,12H,2-3,5H2,1H3,(H,16,17)/t6-/m0/s1. The summed E-state index contributed by atoms with van der Waals surface area (Å²) in [5.74, 6) is -0.183. The number of nitrogens with zero attached hydrogens (tertiary/aromatic N) is 3. The quantitative estimate of drug-likeness (QED) is 0.482. The number of halogens is 1. The molecule has 0 saturated carbocycles. The number of piperazine rings is 1. The first-order valence-corrected chi connectivity index (χ1v) is 7.00. The first kappa shape index (κ1) is 13.4. The van der Waals surface area contributed by atoms with Crippen molar-refractivity contribution in [2.75, 3.05) is 30.8 Å². The first-order chi connectivity index (χ1) is 8.60. The van der Waals surface area contributed by atoms with Crippen molar-refractivity contribution in [1.82, 2.24) is 15.3 Å². The maximum absolute atomic E-state index is 11.0. The molecule has 18 heavy (non-hydrogen) atoms. The van der Waals surface area contributed by atoms with Gasteiger partial charge in [0.2, 0.25) is 0 Å². The van der Waals surface area contributed by atoms with Gasteiger partial charge in [0, 0.05) is 25.7 Å². The van der Waals surface area contributed by atoms with Gasteiger partial charge >= 0.3 is 5.97 Å². The van der Waals surface area contributed by atoms with Crippen LogP contribution in [-0.4, -0.2) is 53.0 Å². The van der Waals surface area contributed by atoms with Crippen molar-refractivity contribution >= 4 is 35.1 Å². The second kappa shape index (κ2) is 5.73. The zero-order valence-electron chi connectivity index (χ0n) is 9.76. The third kappa shape index (κ3) is 3.04. The largest absolute Gasteiger partial charge is 0.480 e. The Morgan fingerprint density at radius 1 is 1.67 bits per heavy atom. The zero-order valence-corrected chi connectivity index (χ0v) is 11.3. The fourth-order valence-corrected chi connectivity index (χ4v) is 2.36. The number of carbonyl (C=O) groups is 1. The van der Waals surface area contributed by atoms with Crippen LogP contribution in [0.3, 0.4) is 0 Å². The van der Waals surface area contributed by atoms with Crippen molar-refractivity contribution in [2.45, 2.75) is 11.2 Å². The highest BCUT2D eigenvalue weighted by Crippen LogP contribution is 2.21. The van der Waals surface area contributed by atoms with Crippen molar-refractivity contribution in [3.63, 3.8) is 0 Å². The van der Waals surface area contributed by atoms with Gasteiger partial charge in [0.1, 0.15) is 17.0 Å². The van der Waals surface area contributed by atoms with Gasteiger partial charge in [-0.25, -0.2) is 9.97 Å². The average molecular weight is 289 g/mol. The molecule has 2 N–H and O–H groups in total. The number of hydrogen-bond donors (Lipinski definition) is 2. The molecule has 0 spiro atoms. The normalized spacial score (nSPS) is 19.9. The molecule has 1 aromatic rings. The van der Waals surface area contributed by atoms with E-state index in [1.54, 1.807) is 6.07 Å². The molecule has 8 heteroatoms. The van der Waals surface area contributed by atoms with E-state index >= 15 is 0 Å². The summed E-state index contributed by atoms with van der Waals surface area (Å²) in [4.78, 5) is 21.3. The van der Waals surface area contributed by atoms with Crippen LogP contribution in [0.4, 0.5) is 5.82 Å². The van der Waals surface area contributed by atoms with E-state index in [4.69, 9.17) is 16.7 Å². The lowest BCUT2D eigenvalue weighted by Crippen LogP contribution is -2.54. The number of hydrogen-bond acceptors (Lipinski definition) is 6. The van der Waals surface area contributed by atoms with Gasteiger partial charge in [0.25, 0.3) is 0 Å². The lowest BCUT2D eigenvalue weighted by Gasteiger charge is -2.32. The summed E-state index contributed by atoms with van der Waals surface area (Å²) in [5.41, 5.74) is 0. The summed E-state index contributed by atoms with van der Waals surface area (Å²) in [6.07, 6.45) is 1.87. The zero-order chi connectivity index (χ0) is 13.1. The van der Waals surface area contributed by atoms with E-state index in [-0.39, 0.29) is 0 Å². The number of thioether (sulfide) groups is 1. The summed E-state index contributed by atoms with van der Waals surface area (Å²) in [5, 5.41) is 12.9. The molecule has 1 aliphatic heterocycles. The fraction of sp³-hybridized carbons (Fsp3) is 0.500. The Hall–Kier alpha value is -1.05. The van der Waals surface area contributed by atoms with Gasteiger partial charge in [-0.3, -0.25) is 4.79 Å². The summed E-state index contributed by atoms with van der Waals surface area (Å²) in [6, 6.07) is 1.08. The van der Waals surface area contributed by atoms with E-state index in [2.05, 4.69) is 15.3 Å². The van der Waals surface area contributed by atoms with Gasteiger partial charge in [-0.1, -0.05) is 23.4 Å². The molecule has 0 bridgehead atoms. The molecule has 6 nitrogen and oxygen atoms in total. The van der Waals surface area contributed by atoms with Crippen molar-refractivity contribution in [3.05, 3.63) is 11.2 Å². The second-order valence-corrected chi connectivity index (χ2v) is 4.99. The molecule has 0 unspecified atom stereocenters. The van der Waals surface area contributed by atoms with E-state index in [9.17, 15) is 4.79 Å². The number of aromatic nitrogens is 2. The van der Waals surface area contributed by atoms with Gasteiger partial charge in [-0.2, -0.15) is 0 Å². The SMILES string of the molecule is CSc1nc(Cl)cc(N2CCN[C@H](C(=O)O)C2)n1. The molecule has 1 aromatic heterocycles. The third-order valence-corrected chi connectivity index (χ3v) is 3.38. The summed E-state index contributed by atoms with van der Waals surface area (Å²) in [6.45, 7) is 1.68. The van der Waals surface area contributed by atoms with E-state index in [1.165, 1.54) is 11.8 Å². The second-order valence-electron chi connectivity index (χ2n) is 3.83. The Morgan fingerprint density at radius 2 is 2.44 bits per heavy atom. The molecule has 1 fully saturated rings. The topological polar surface area (TPSA) is 78.4 Å². The highest BCUT2D eigenvalue weighted by Gasteiger charge is 2.25. The number of nitrogens with one attached hydrogen (secondary N) is 1. The Labute approximate surface area is 114 Å². The Balaban J connectivity index is 2.20. The molecule has 0 aliphatic carbocycles. The van der Waals surface area contributed by atoms with Gasteiger partial charge < -0.3 is 15.3 Å². The molecule has 0 aromatic carbocycles. The first-order valence-electron chi connectivity index (χ1n) is 5.40. The molecule has 1 atom stereocenters. The predicted molar refractivity (Wildman–Crippen MR) is 70.5 cm³/mol. The van der Waals surface area contributed by atoms with Crippen LogP contribution in [0.15, 0.2) is 11.2 Å². The monoisotopic (exact) mass is 288 g/mol. The third-order valence-electron chi connectivity index (χ3n) is 2.64. The molecule has 2 heterocycles. The van der Waals surface area contributed by atoms with E-state index in [0.29, 0.717) is 35.8 Å². The van der Waals surface area contributed by atoms with Crippen LogP contribution in [0.2, 0.25) is 5.15 Å². The Bertz CT molecular complexity index is 460. The van der Waals surface area contributed by atoms with Crippen LogP contribution in [0.25, 0.3) is 0 Å². The lowest BCUT2D eigenvalue weighted by molar-refractivity contribution is -0.139. The average Bonchev–Trinajstić information content (AvgIpc) is 2.38. The van der Waals surface area contributed by atoms with Crippen molar-refractivity contribution in [1.29, 1.82) is 0 Å². The number of aliphatic carboxylic acids is 1. The summed E-state index contributed by atoms with van der Waals surface area (Å²) >= 11 is 7.33. The van der Waals surface area contributed by atoms with E-state index < -0.39 is 12.0 Å². The minimum atomic E-state index is -0.857. The van der Waals surface area contributed by atoms with E-state index in [1.807, 2.05) is 11.2 Å². The van der Waals surface area contributed by atoms with Gasteiger partial charge in [-0.15, -0.1) is 0 Å². The molecule has 0 amide bonds.